The molecule has 1 aromatic heterocycles. The van der Waals surface area contributed by atoms with E-state index in [1.807, 2.05) is 98.1 Å². The summed E-state index contributed by atoms with van der Waals surface area (Å²) in [4.78, 5) is 4.32. The molecule has 3 rings (SSSR count). The van der Waals surface area contributed by atoms with Crippen molar-refractivity contribution in [2.45, 2.75) is 55.4 Å². The zero-order valence-corrected chi connectivity index (χ0v) is 20.1. The number of nitrogens with zero attached hydrogens (tertiary/aromatic N) is 1. The van der Waals surface area contributed by atoms with Gasteiger partial charge >= 0.3 is 0 Å². The third kappa shape index (κ3) is 9.84. The first-order chi connectivity index (χ1) is 14.0. The molecule has 0 amide bonds. The molecular formula is C25H41N3O. The number of nitrogens with two attached hydrogens (primary N) is 1. The first kappa shape index (κ1) is 28.5. The van der Waals surface area contributed by atoms with Crippen molar-refractivity contribution in [3.63, 3.8) is 0 Å². The first-order valence-corrected chi connectivity index (χ1v) is 10.5. The summed E-state index contributed by atoms with van der Waals surface area (Å²) in [6.07, 6.45) is 1.82. The molecule has 0 spiro atoms. The van der Waals surface area contributed by atoms with Crippen molar-refractivity contribution in [2.24, 2.45) is 0 Å². The van der Waals surface area contributed by atoms with Crippen molar-refractivity contribution < 1.29 is 4.74 Å². The molecule has 0 saturated heterocycles. The molecule has 0 radical (unpaired) electrons. The Labute approximate surface area is 178 Å². The number of methoxy groups -OCH3 is 1. The summed E-state index contributed by atoms with van der Waals surface area (Å²) in [5.41, 5.74) is 10.7. The van der Waals surface area contributed by atoms with Gasteiger partial charge in [-0.25, -0.2) is 0 Å². The number of nitrogens with one attached hydrogen (secondary N) is 1. The monoisotopic (exact) mass is 399 g/mol. The van der Waals surface area contributed by atoms with Crippen molar-refractivity contribution in [2.75, 3.05) is 25.2 Å². The third-order valence-corrected chi connectivity index (χ3v) is 3.63. The lowest BCUT2D eigenvalue weighted by Gasteiger charge is -2.10. The fourth-order valence-corrected chi connectivity index (χ4v) is 2.24. The van der Waals surface area contributed by atoms with Gasteiger partial charge in [-0.1, -0.05) is 59.2 Å². The molecule has 0 aliphatic heterocycles. The van der Waals surface area contributed by atoms with E-state index in [2.05, 4.69) is 23.3 Å². The molecule has 29 heavy (non-hydrogen) atoms. The second-order valence-corrected chi connectivity index (χ2v) is 5.36. The molecule has 4 nitrogen and oxygen atoms in total. The second kappa shape index (κ2) is 17.4. The van der Waals surface area contributed by atoms with Gasteiger partial charge in [0.05, 0.1) is 18.3 Å². The van der Waals surface area contributed by atoms with E-state index in [0.29, 0.717) is 0 Å². The van der Waals surface area contributed by atoms with Crippen LogP contribution in [0, 0.1) is 13.8 Å². The lowest BCUT2D eigenvalue weighted by molar-refractivity contribution is 0.417. The van der Waals surface area contributed by atoms with E-state index in [0.717, 1.165) is 28.0 Å². The standard InChI is InChI=1S/C12H14N2O.C7H9N.3C2H6/c1-8-4-5-14-10-7-12(15-3)11(13-2)6-9(8)10;1-6-2-4-7(8)5-3-6;3*1-2/h4-7,13H,1-3H3;2-5H,8H2,1H3;3*1-2H3. The van der Waals surface area contributed by atoms with E-state index in [9.17, 15) is 0 Å². The molecule has 3 N–H and O–H groups in total. The molecule has 0 saturated carbocycles. The number of aryl methyl sites for hydroxylation is 2. The van der Waals surface area contributed by atoms with Crippen molar-refractivity contribution in [1.82, 2.24) is 4.98 Å². The number of nitrogen functional groups attached to an aromatic ring is 1. The van der Waals surface area contributed by atoms with Gasteiger partial charge in [0, 0.05) is 30.4 Å². The van der Waals surface area contributed by atoms with Gasteiger partial charge < -0.3 is 15.8 Å². The summed E-state index contributed by atoms with van der Waals surface area (Å²) >= 11 is 0. The van der Waals surface area contributed by atoms with Crippen LogP contribution in [0.4, 0.5) is 11.4 Å². The highest BCUT2D eigenvalue weighted by Gasteiger charge is 2.05. The van der Waals surface area contributed by atoms with E-state index in [1.54, 1.807) is 7.11 Å². The fourth-order valence-electron chi connectivity index (χ4n) is 2.24. The second-order valence-electron chi connectivity index (χ2n) is 5.36. The number of anilines is 2. The lowest BCUT2D eigenvalue weighted by Crippen LogP contribution is -1.95. The molecule has 0 bridgehead atoms. The topological polar surface area (TPSA) is 60.2 Å². The predicted octanol–water partition coefficient (Wildman–Crippen LogP) is 7.25. The molecule has 2 aromatic carbocycles. The Kier molecular flexibility index (Phi) is 17.0. The molecule has 0 aliphatic carbocycles. The number of aromatic nitrogens is 1. The van der Waals surface area contributed by atoms with Gasteiger partial charge in [-0.05, 0) is 43.7 Å². The lowest BCUT2D eigenvalue weighted by atomic mass is 10.1. The van der Waals surface area contributed by atoms with Crippen LogP contribution in [0.1, 0.15) is 52.7 Å². The molecule has 162 valence electrons. The zero-order valence-electron chi connectivity index (χ0n) is 20.1. The number of ether oxygens (including phenoxy) is 1. The van der Waals surface area contributed by atoms with E-state index in [-0.39, 0.29) is 0 Å². The Morgan fingerprint density at radius 2 is 1.41 bits per heavy atom. The zero-order chi connectivity index (χ0) is 22.8. The number of pyridine rings is 1. The van der Waals surface area contributed by atoms with Crippen LogP contribution in [-0.2, 0) is 0 Å². The SMILES string of the molecule is CC.CC.CC.CNc1cc2c(C)ccnc2cc1OC.Cc1ccc(N)cc1. The molecule has 1 heterocycles. The number of benzene rings is 2. The first-order valence-electron chi connectivity index (χ1n) is 10.5. The molecule has 0 unspecified atom stereocenters. The van der Waals surface area contributed by atoms with Crippen LogP contribution >= 0.6 is 0 Å². The maximum atomic E-state index is 5.43. The van der Waals surface area contributed by atoms with Crippen LogP contribution < -0.4 is 15.8 Å². The third-order valence-electron chi connectivity index (χ3n) is 3.63. The van der Waals surface area contributed by atoms with Crippen molar-refractivity contribution >= 4 is 22.3 Å². The number of hydrogen-bond donors (Lipinski definition) is 2. The van der Waals surface area contributed by atoms with Gasteiger partial charge in [0.15, 0.2) is 0 Å². The predicted molar refractivity (Wildman–Crippen MR) is 132 cm³/mol. The number of fused-ring (bicyclic) bond motifs is 1. The Morgan fingerprint density at radius 1 is 0.862 bits per heavy atom. The van der Waals surface area contributed by atoms with Crippen LogP contribution in [0.25, 0.3) is 10.9 Å². The van der Waals surface area contributed by atoms with E-state index in [4.69, 9.17) is 10.5 Å². The molecule has 0 atom stereocenters. The minimum Gasteiger partial charge on any atom is -0.495 e. The van der Waals surface area contributed by atoms with Gasteiger partial charge in [0.25, 0.3) is 0 Å². The maximum absolute atomic E-state index is 5.43. The normalized spacial score (nSPS) is 8.48. The van der Waals surface area contributed by atoms with Crippen molar-refractivity contribution in [1.29, 1.82) is 0 Å². The molecule has 0 fully saturated rings. The molecule has 0 aliphatic rings. The summed E-state index contributed by atoms with van der Waals surface area (Å²) in [6.45, 7) is 16.1. The smallest absolute Gasteiger partial charge is 0.144 e. The Hall–Kier alpha value is -2.75. The van der Waals surface area contributed by atoms with Crippen molar-refractivity contribution in [3.05, 3.63) is 59.8 Å². The Balaban J connectivity index is 0. The average molecular weight is 400 g/mol. The summed E-state index contributed by atoms with van der Waals surface area (Å²) in [5.74, 6) is 0.822. The van der Waals surface area contributed by atoms with Crippen molar-refractivity contribution in [3.8, 4) is 5.75 Å². The summed E-state index contributed by atoms with van der Waals surface area (Å²) in [6, 6.07) is 13.8. The van der Waals surface area contributed by atoms with Crippen LogP contribution in [0.2, 0.25) is 0 Å². The molecule has 4 heteroatoms. The highest BCUT2D eigenvalue weighted by molar-refractivity contribution is 5.88. The summed E-state index contributed by atoms with van der Waals surface area (Å²) in [7, 11) is 3.55. The Morgan fingerprint density at radius 3 is 1.86 bits per heavy atom. The minimum atomic E-state index is 0.822. The Bertz CT molecular complexity index is 763. The quantitative estimate of drug-likeness (QED) is 0.445. The van der Waals surface area contributed by atoms with E-state index < -0.39 is 0 Å². The fraction of sp³-hybridized carbons (Fsp3) is 0.400. The van der Waals surface area contributed by atoms with Crippen LogP contribution in [-0.4, -0.2) is 19.1 Å². The minimum absolute atomic E-state index is 0.822. The van der Waals surface area contributed by atoms with Gasteiger partial charge in [0.2, 0.25) is 0 Å². The van der Waals surface area contributed by atoms with Crippen LogP contribution in [0.15, 0.2) is 48.7 Å². The van der Waals surface area contributed by atoms with Crippen LogP contribution in [0.3, 0.4) is 0 Å². The van der Waals surface area contributed by atoms with Gasteiger partial charge in [0.1, 0.15) is 5.75 Å². The maximum Gasteiger partial charge on any atom is 0.144 e. The largest absolute Gasteiger partial charge is 0.495 e. The van der Waals surface area contributed by atoms with Gasteiger partial charge in [-0.3, -0.25) is 4.98 Å². The van der Waals surface area contributed by atoms with Crippen LogP contribution in [0.5, 0.6) is 5.75 Å². The highest BCUT2D eigenvalue weighted by Crippen LogP contribution is 2.30. The number of hydrogen-bond acceptors (Lipinski definition) is 4. The number of rotatable bonds is 2. The molecular weight excluding hydrogens is 358 g/mol. The summed E-state index contributed by atoms with van der Waals surface area (Å²) < 4.78 is 5.28. The average Bonchev–Trinajstić information content (AvgIpc) is 2.79. The van der Waals surface area contributed by atoms with Gasteiger partial charge in [-0.15, -0.1) is 0 Å². The van der Waals surface area contributed by atoms with E-state index >= 15 is 0 Å². The molecule has 3 aromatic rings. The van der Waals surface area contributed by atoms with E-state index in [1.165, 1.54) is 11.1 Å². The highest BCUT2D eigenvalue weighted by atomic mass is 16.5. The summed E-state index contributed by atoms with van der Waals surface area (Å²) in [5, 5.41) is 4.27. The van der Waals surface area contributed by atoms with Gasteiger partial charge in [-0.2, -0.15) is 0 Å².